The Morgan fingerprint density at radius 1 is 1.20 bits per heavy atom. The summed E-state index contributed by atoms with van der Waals surface area (Å²) in [7, 11) is 0. The van der Waals surface area contributed by atoms with Gasteiger partial charge in [0.25, 0.3) is 5.91 Å². The topological polar surface area (TPSA) is 48.4 Å². The van der Waals surface area contributed by atoms with Gasteiger partial charge in [0.05, 0.1) is 31.0 Å². The summed E-state index contributed by atoms with van der Waals surface area (Å²) >= 11 is 0. The van der Waals surface area contributed by atoms with Crippen molar-refractivity contribution in [1.82, 2.24) is 9.91 Å². The standard InChI is InChI=1S/C14H16N4O2/c19-13-11-3-1-2-4-12(11)18(14-15-5-6-17(13)14)16-7-9-20-10-8-16/h1-5,14H,6-10H2. The van der Waals surface area contributed by atoms with E-state index >= 15 is 0 Å². The molecule has 4 rings (SSSR count). The number of carbonyl (C=O) groups excluding carboxylic acids is 1. The third kappa shape index (κ3) is 1.65. The van der Waals surface area contributed by atoms with E-state index in [1.807, 2.05) is 30.5 Å². The number of amides is 1. The monoisotopic (exact) mass is 272 g/mol. The molecule has 104 valence electrons. The minimum Gasteiger partial charge on any atom is -0.379 e. The van der Waals surface area contributed by atoms with Gasteiger partial charge in [0.2, 0.25) is 6.29 Å². The maximum atomic E-state index is 12.5. The van der Waals surface area contributed by atoms with Crippen molar-refractivity contribution in [3.8, 4) is 0 Å². The molecule has 1 saturated heterocycles. The number of ether oxygens (including phenoxy) is 1. The fraction of sp³-hybridized carbons (Fsp3) is 0.429. The van der Waals surface area contributed by atoms with E-state index in [2.05, 4.69) is 15.0 Å². The van der Waals surface area contributed by atoms with Crippen LogP contribution >= 0.6 is 0 Å². The number of rotatable bonds is 1. The number of morpholine rings is 1. The van der Waals surface area contributed by atoms with Crippen LogP contribution in [0.2, 0.25) is 0 Å². The average Bonchev–Trinajstić information content (AvgIpc) is 2.98. The van der Waals surface area contributed by atoms with Gasteiger partial charge < -0.3 is 4.74 Å². The zero-order chi connectivity index (χ0) is 13.5. The lowest BCUT2D eigenvalue weighted by molar-refractivity contribution is 0.0131. The van der Waals surface area contributed by atoms with Gasteiger partial charge in [-0.15, -0.1) is 0 Å². The Morgan fingerprint density at radius 3 is 2.85 bits per heavy atom. The Morgan fingerprint density at radius 2 is 2.00 bits per heavy atom. The molecule has 6 heteroatoms. The number of hydrogen-bond acceptors (Lipinski definition) is 5. The summed E-state index contributed by atoms with van der Waals surface area (Å²) in [5.74, 6) is 0.0626. The number of hydrogen-bond donors (Lipinski definition) is 0. The van der Waals surface area contributed by atoms with Gasteiger partial charge in [-0.05, 0) is 12.1 Å². The smallest absolute Gasteiger partial charge is 0.259 e. The molecule has 6 nitrogen and oxygen atoms in total. The Balaban J connectivity index is 1.79. The maximum Gasteiger partial charge on any atom is 0.259 e. The van der Waals surface area contributed by atoms with Crippen molar-refractivity contribution < 1.29 is 9.53 Å². The molecule has 0 bridgehead atoms. The van der Waals surface area contributed by atoms with Crippen molar-refractivity contribution in [2.75, 3.05) is 37.9 Å². The summed E-state index contributed by atoms with van der Waals surface area (Å²) in [6.45, 7) is 3.65. The summed E-state index contributed by atoms with van der Waals surface area (Å²) in [6, 6.07) is 7.76. The van der Waals surface area contributed by atoms with Crippen LogP contribution in [0.4, 0.5) is 5.69 Å². The van der Waals surface area contributed by atoms with Gasteiger partial charge in [0, 0.05) is 19.3 Å². The van der Waals surface area contributed by atoms with Crippen LogP contribution < -0.4 is 5.01 Å². The lowest BCUT2D eigenvalue weighted by Gasteiger charge is -2.46. The predicted molar refractivity (Wildman–Crippen MR) is 74.6 cm³/mol. The molecule has 0 aliphatic carbocycles. The minimum absolute atomic E-state index is 0.0626. The first-order valence-electron chi connectivity index (χ1n) is 6.90. The number of nitrogens with zero attached hydrogens (tertiary/aromatic N) is 4. The SMILES string of the molecule is O=C1c2ccccc2N(N2CCOCC2)C2N=CCN12. The van der Waals surface area contributed by atoms with Crippen molar-refractivity contribution in [1.29, 1.82) is 0 Å². The number of anilines is 1. The predicted octanol–water partition coefficient (Wildman–Crippen LogP) is 0.564. The number of carbonyl (C=O) groups is 1. The van der Waals surface area contributed by atoms with Gasteiger partial charge in [-0.2, -0.15) is 0 Å². The molecule has 3 aliphatic heterocycles. The van der Waals surface area contributed by atoms with E-state index in [4.69, 9.17) is 4.74 Å². The highest BCUT2D eigenvalue weighted by Gasteiger charge is 2.41. The maximum absolute atomic E-state index is 12.5. The summed E-state index contributed by atoms with van der Waals surface area (Å²) in [5.41, 5.74) is 1.69. The van der Waals surface area contributed by atoms with Crippen LogP contribution in [0.25, 0.3) is 0 Å². The third-order valence-corrected chi connectivity index (χ3v) is 3.95. The Hall–Kier alpha value is -1.92. The van der Waals surface area contributed by atoms with Crippen LogP contribution in [0.15, 0.2) is 29.3 Å². The minimum atomic E-state index is -0.240. The number of fused-ring (bicyclic) bond motifs is 2. The normalized spacial score (nSPS) is 25.8. The lowest BCUT2D eigenvalue weighted by Crippen LogP contribution is -2.61. The van der Waals surface area contributed by atoms with Crippen molar-refractivity contribution >= 4 is 17.8 Å². The zero-order valence-corrected chi connectivity index (χ0v) is 11.1. The summed E-state index contributed by atoms with van der Waals surface area (Å²) in [6.07, 6.45) is 1.58. The highest BCUT2D eigenvalue weighted by molar-refractivity contribution is 6.03. The number of para-hydroxylation sites is 1. The Kier molecular flexibility index (Phi) is 2.71. The molecule has 1 unspecified atom stereocenters. The highest BCUT2D eigenvalue weighted by atomic mass is 16.5. The molecule has 0 radical (unpaired) electrons. The van der Waals surface area contributed by atoms with Gasteiger partial charge in [-0.25, -0.2) is 10.0 Å². The van der Waals surface area contributed by atoms with Gasteiger partial charge in [0.15, 0.2) is 0 Å². The van der Waals surface area contributed by atoms with E-state index in [1.165, 1.54) is 0 Å². The fourth-order valence-electron chi connectivity index (χ4n) is 2.99. The fourth-order valence-corrected chi connectivity index (χ4v) is 2.99. The number of aliphatic imine (C=N–C) groups is 1. The van der Waals surface area contributed by atoms with E-state index in [9.17, 15) is 4.79 Å². The molecule has 1 fully saturated rings. The molecule has 0 spiro atoms. The second-order valence-electron chi connectivity index (χ2n) is 5.06. The Bertz CT molecular complexity index is 568. The third-order valence-electron chi connectivity index (χ3n) is 3.95. The van der Waals surface area contributed by atoms with Crippen LogP contribution in [0.1, 0.15) is 10.4 Å². The first-order chi connectivity index (χ1) is 9.86. The van der Waals surface area contributed by atoms with Crippen LogP contribution in [0.3, 0.4) is 0 Å². The van der Waals surface area contributed by atoms with Gasteiger partial charge in [-0.1, -0.05) is 12.1 Å². The van der Waals surface area contributed by atoms with E-state index in [-0.39, 0.29) is 12.2 Å². The number of hydrazine groups is 1. The molecule has 1 aromatic rings. The molecule has 1 amide bonds. The van der Waals surface area contributed by atoms with Crippen LogP contribution in [0.5, 0.6) is 0 Å². The molecule has 0 saturated carbocycles. The quantitative estimate of drug-likeness (QED) is 0.749. The van der Waals surface area contributed by atoms with Gasteiger partial charge >= 0.3 is 0 Å². The number of benzene rings is 1. The molecular weight excluding hydrogens is 256 g/mol. The van der Waals surface area contributed by atoms with Crippen LogP contribution in [-0.4, -0.2) is 61.2 Å². The second-order valence-corrected chi connectivity index (χ2v) is 5.06. The van der Waals surface area contributed by atoms with Crippen molar-refractivity contribution in [3.05, 3.63) is 29.8 Å². The highest BCUT2D eigenvalue weighted by Crippen LogP contribution is 2.34. The second kappa shape index (κ2) is 4.57. The lowest BCUT2D eigenvalue weighted by atomic mass is 10.1. The largest absolute Gasteiger partial charge is 0.379 e. The molecular formula is C14H16N4O2. The van der Waals surface area contributed by atoms with Crippen LogP contribution in [0, 0.1) is 0 Å². The van der Waals surface area contributed by atoms with E-state index < -0.39 is 0 Å². The molecule has 0 N–H and O–H groups in total. The van der Waals surface area contributed by atoms with Crippen molar-refractivity contribution in [2.24, 2.45) is 4.99 Å². The molecule has 1 aromatic carbocycles. The zero-order valence-electron chi connectivity index (χ0n) is 11.1. The molecule has 3 aliphatic rings. The Labute approximate surface area is 117 Å². The van der Waals surface area contributed by atoms with E-state index in [0.717, 1.165) is 24.3 Å². The van der Waals surface area contributed by atoms with Gasteiger partial charge in [0.1, 0.15) is 0 Å². The van der Waals surface area contributed by atoms with Gasteiger partial charge in [-0.3, -0.25) is 14.7 Å². The summed E-state index contributed by atoms with van der Waals surface area (Å²) in [5, 5.41) is 4.37. The first kappa shape index (κ1) is 11.9. The van der Waals surface area contributed by atoms with E-state index in [1.54, 1.807) is 4.90 Å². The summed E-state index contributed by atoms with van der Waals surface area (Å²) < 4.78 is 5.42. The van der Waals surface area contributed by atoms with Crippen molar-refractivity contribution in [2.45, 2.75) is 6.29 Å². The first-order valence-corrected chi connectivity index (χ1v) is 6.90. The van der Waals surface area contributed by atoms with Crippen LogP contribution in [-0.2, 0) is 4.74 Å². The molecule has 3 heterocycles. The average molecular weight is 272 g/mol. The molecule has 1 atom stereocenters. The molecule has 20 heavy (non-hydrogen) atoms. The molecule has 0 aromatic heterocycles. The van der Waals surface area contributed by atoms with E-state index in [0.29, 0.717) is 19.8 Å². The van der Waals surface area contributed by atoms with Crippen molar-refractivity contribution in [3.63, 3.8) is 0 Å². The summed E-state index contributed by atoms with van der Waals surface area (Å²) in [4.78, 5) is 18.8.